The first-order valence-corrected chi connectivity index (χ1v) is 17.7. The molecule has 0 spiro atoms. The van der Waals surface area contributed by atoms with Gasteiger partial charge in [-0.3, -0.25) is 14.4 Å². The van der Waals surface area contributed by atoms with Gasteiger partial charge in [0.1, 0.15) is 23.9 Å². The summed E-state index contributed by atoms with van der Waals surface area (Å²) in [6.07, 6.45) is 3.48. The van der Waals surface area contributed by atoms with Gasteiger partial charge in [-0.15, -0.1) is 34.4 Å². The number of aryl methyl sites for hydroxylation is 1. The lowest BCUT2D eigenvalue weighted by Crippen LogP contribution is -2.56. The Kier molecular flexibility index (Phi) is 13.9. The molecule has 0 aliphatic carbocycles. The number of rotatable bonds is 13. The van der Waals surface area contributed by atoms with E-state index >= 15 is 0 Å². The fraction of sp³-hybridized carbons (Fsp3) is 0.484. The van der Waals surface area contributed by atoms with Crippen molar-refractivity contribution in [3.8, 4) is 0 Å². The number of esters is 4. The average molecular weight is 753 g/mol. The molecule has 16 nitrogen and oxygen atoms in total. The molecule has 0 radical (unpaired) electrons. The lowest BCUT2D eigenvalue weighted by atomic mass is 9.97. The molecule has 0 saturated carbocycles. The molecule has 4 N–H and O–H groups in total. The van der Waals surface area contributed by atoms with Crippen LogP contribution in [-0.2, 0) is 47.8 Å². The molecule has 1 aliphatic rings. The summed E-state index contributed by atoms with van der Waals surface area (Å²) >= 11 is 3.62. The number of anilines is 1. The average Bonchev–Trinajstić information content (AvgIpc) is 3.67. The van der Waals surface area contributed by atoms with Gasteiger partial charge in [-0.1, -0.05) is 11.2 Å². The van der Waals surface area contributed by atoms with Gasteiger partial charge in [-0.2, -0.15) is 0 Å². The van der Waals surface area contributed by atoms with E-state index in [9.17, 15) is 24.0 Å². The highest BCUT2D eigenvalue weighted by molar-refractivity contribution is 8.00. The van der Waals surface area contributed by atoms with Gasteiger partial charge in [0.25, 0.3) is 5.91 Å². The monoisotopic (exact) mass is 752 g/mol. The van der Waals surface area contributed by atoms with Gasteiger partial charge in [0.2, 0.25) is 13.6 Å². The van der Waals surface area contributed by atoms with E-state index in [-0.39, 0.29) is 28.0 Å². The van der Waals surface area contributed by atoms with E-state index in [0.29, 0.717) is 5.57 Å². The zero-order valence-corrected chi connectivity index (χ0v) is 31.3. The third kappa shape index (κ3) is 11.3. The molecule has 0 fully saturated rings. The number of nitrogens with two attached hydrogens (primary N) is 1. The first kappa shape index (κ1) is 39.9. The number of hydrogen-bond donors (Lipinski definition) is 3. The molecule has 3 heterocycles. The molecule has 1 aliphatic heterocycles. The Hall–Kier alpha value is -4.49. The second kappa shape index (κ2) is 17.4. The van der Waals surface area contributed by atoms with Gasteiger partial charge >= 0.3 is 23.9 Å². The maximum Gasteiger partial charge on any atom is 0.357 e. The topological polar surface area (TPSA) is 220 Å². The van der Waals surface area contributed by atoms with E-state index < -0.39 is 65.6 Å². The van der Waals surface area contributed by atoms with Crippen molar-refractivity contribution in [1.29, 1.82) is 0 Å². The summed E-state index contributed by atoms with van der Waals surface area (Å²) in [5.41, 5.74) is 6.71. The number of amides is 1. The summed E-state index contributed by atoms with van der Waals surface area (Å²) < 4.78 is 20.8. The van der Waals surface area contributed by atoms with Crippen LogP contribution in [0.1, 0.15) is 57.8 Å². The van der Waals surface area contributed by atoms with Crippen LogP contribution in [0.25, 0.3) is 6.08 Å². The molecule has 0 bridgehead atoms. The van der Waals surface area contributed by atoms with Gasteiger partial charge < -0.3 is 40.2 Å². The number of oxime groups is 1. The number of nitrogen functional groups attached to an aromatic ring is 1. The number of nitrogens with zero attached hydrogens (tertiary/aromatic N) is 3. The van der Waals surface area contributed by atoms with Crippen LogP contribution in [0.3, 0.4) is 0 Å². The zero-order valence-electron chi connectivity index (χ0n) is 28.8. The number of ether oxygens (including phenoxy) is 4. The second-order valence-corrected chi connectivity index (χ2v) is 15.5. The number of hydrogen-bond acceptors (Lipinski definition) is 18. The van der Waals surface area contributed by atoms with Gasteiger partial charge in [-0.25, -0.2) is 19.6 Å². The Labute approximate surface area is 301 Å². The first-order valence-electron chi connectivity index (χ1n) is 14.9. The molecular weight excluding hydrogens is 713 g/mol. The van der Waals surface area contributed by atoms with Gasteiger partial charge in [0.15, 0.2) is 16.9 Å². The Balaban J connectivity index is 1.94. The van der Waals surface area contributed by atoms with Gasteiger partial charge in [0.05, 0.1) is 22.0 Å². The van der Waals surface area contributed by atoms with Gasteiger partial charge in [-0.05, 0) is 60.1 Å². The minimum absolute atomic E-state index is 0.0664. The molecule has 2 aromatic rings. The summed E-state index contributed by atoms with van der Waals surface area (Å²) in [4.78, 5) is 79.1. The first-order chi connectivity index (χ1) is 23.4. The smallest absolute Gasteiger partial charge is 0.357 e. The highest BCUT2D eigenvalue weighted by Gasteiger charge is 2.38. The second-order valence-electron chi connectivity index (χ2n) is 12.6. The third-order valence-corrected chi connectivity index (χ3v) is 9.25. The van der Waals surface area contributed by atoms with Crippen molar-refractivity contribution in [3.05, 3.63) is 44.5 Å². The predicted octanol–water partition coefficient (Wildman–Crippen LogP) is 3.14. The largest absolute Gasteiger partial charge is 0.427 e. The Morgan fingerprint density at radius 1 is 1.02 bits per heavy atom. The van der Waals surface area contributed by atoms with E-state index in [4.69, 9.17) is 29.5 Å². The number of carbonyl (C=O) groups excluding carboxylic acids is 5. The molecule has 3 rings (SSSR count). The van der Waals surface area contributed by atoms with Gasteiger partial charge in [0, 0.05) is 16.0 Å². The van der Waals surface area contributed by atoms with Crippen LogP contribution >= 0.6 is 34.4 Å². The maximum atomic E-state index is 13.6. The number of thioether (sulfide) groups is 1. The van der Waals surface area contributed by atoms with Crippen molar-refractivity contribution in [1.82, 2.24) is 20.6 Å². The lowest BCUT2D eigenvalue weighted by Gasteiger charge is -2.32. The normalized spacial score (nSPS) is 15.9. The fourth-order valence-electron chi connectivity index (χ4n) is 3.71. The van der Waals surface area contributed by atoms with E-state index in [1.807, 2.05) is 6.92 Å². The van der Waals surface area contributed by atoms with Crippen LogP contribution in [-0.4, -0.2) is 83.3 Å². The minimum Gasteiger partial charge on any atom is -0.427 e. The van der Waals surface area contributed by atoms with Crippen LogP contribution in [0, 0.1) is 17.8 Å². The quantitative estimate of drug-likeness (QED) is 0.116. The van der Waals surface area contributed by atoms with Crippen molar-refractivity contribution < 1.29 is 47.8 Å². The Bertz CT molecular complexity index is 1670. The SMILES string of the molecule is CO/N=C(\C(=O)NC(C(=O)OCOC(=O)C(C)(C)C)[C@@H]1NC(C(=O)OCOC(=O)C(C)(C)C)=C(/C=C\c2scnc2C)CS1)c1csc(N)n1. The molecule has 0 saturated heterocycles. The maximum absolute atomic E-state index is 13.6. The van der Waals surface area contributed by atoms with Crippen molar-refractivity contribution in [2.24, 2.45) is 16.0 Å². The van der Waals surface area contributed by atoms with Crippen LogP contribution < -0.4 is 16.4 Å². The van der Waals surface area contributed by atoms with Crippen LogP contribution in [0.4, 0.5) is 5.13 Å². The van der Waals surface area contributed by atoms with Crippen molar-refractivity contribution >= 4 is 81.1 Å². The van der Waals surface area contributed by atoms with Crippen molar-refractivity contribution in [3.63, 3.8) is 0 Å². The number of aromatic nitrogens is 2. The summed E-state index contributed by atoms with van der Waals surface area (Å²) in [7, 11) is 1.22. The molecule has 2 atom stereocenters. The molecule has 2 aromatic heterocycles. The van der Waals surface area contributed by atoms with E-state index in [1.165, 1.54) is 23.8 Å². The van der Waals surface area contributed by atoms with Crippen molar-refractivity contribution in [2.75, 3.05) is 32.2 Å². The van der Waals surface area contributed by atoms with Crippen LogP contribution in [0.15, 0.2) is 33.4 Å². The Morgan fingerprint density at radius 2 is 1.66 bits per heavy atom. The lowest BCUT2D eigenvalue weighted by molar-refractivity contribution is -0.175. The summed E-state index contributed by atoms with van der Waals surface area (Å²) in [5.74, 6) is -3.85. The van der Waals surface area contributed by atoms with Crippen molar-refractivity contribution in [2.45, 2.75) is 59.9 Å². The minimum atomic E-state index is -1.50. The summed E-state index contributed by atoms with van der Waals surface area (Å²) in [5, 5.41) is 9.90. The molecule has 1 unspecified atom stereocenters. The Morgan fingerprint density at radius 3 is 2.20 bits per heavy atom. The standard InChI is InChI=1S/C31H40N6O10S3/c1-16-19(50-13-33-16)10-9-17-11-48-24(36-20(17)25(39)44-14-46-27(41)30(2,3)4)22(26(40)45-15-47-28(42)31(5,6)7)35-23(38)21(37-43-8)18-12-49-29(32)34-18/h9-10,12-13,22,24,36H,11,14-15H2,1-8H3,(H2,32,34)(H,35,38)/b10-9-,37-21-/t22?,24-/m1/s1. The highest BCUT2D eigenvalue weighted by Crippen LogP contribution is 2.28. The molecule has 0 aromatic carbocycles. The number of thiazole rings is 2. The predicted molar refractivity (Wildman–Crippen MR) is 187 cm³/mol. The molecule has 1 amide bonds. The third-order valence-electron chi connectivity index (χ3n) is 6.45. The summed E-state index contributed by atoms with van der Waals surface area (Å²) in [6, 6.07) is -1.50. The molecule has 50 heavy (non-hydrogen) atoms. The zero-order chi connectivity index (χ0) is 37.2. The number of allylic oxidation sites excluding steroid dienone is 1. The number of carbonyl (C=O) groups is 5. The molecule has 19 heteroatoms. The molecule has 272 valence electrons. The van der Waals surface area contributed by atoms with E-state index in [2.05, 4.69) is 25.8 Å². The summed E-state index contributed by atoms with van der Waals surface area (Å²) in [6.45, 7) is 10.3. The van der Waals surface area contributed by atoms with E-state index in [0.717, 1.165) is 33.7 Å². The van der Waals surface area contributed by atoms with Crippen LogP contribution in [0.2, 0.25) is 0 Å². The molecular formula is C31H40N6O10S3. The van der Waals surface area contributed by atoms with Crippen LogP contribution in [0.5, 0.6) is 0 Å². The highest BCUT2D eigenvalue weighted by atomic mass is 32.2. The van der Waals surface area contributed by atoms with E-state index in [1.54, 1.807) is 59.2 Å². The number of nitrogens with one attached hydrogen (secondary N) is 2. The fourth-order valence-corrected chi connectivity index (χ4v) is 6.12.